The van der Waals surface area contributed by atoms with Crippen molar-refractivity contribution in [2.24, 2.45) is 0 Å². The minimum Gasteiger partial charge on any atom is -0.456 e. The van der Waals surface area contributed by atoms with E-state index in [0.29, 0.717) is 5.82 Å². The van der Waals surface area contributed by atoms with Crippen LogP contribution in [0.5, 0.6) is 0 Å². The summed E-state index contributed by atoms with van der Waals surface area (Å²) in [5.41, 5.74) is 6.70. The van der Waals surface area contributed by atoms with Crippen LogP contribution < -0.4 is 0 Å². The first kappa shape index (κ1) is 25.4. The number of aromatic nitrogens is 2. The number of hydrogen-bond acceptors (Lipinski definition) is 3. The molecule has 0 amide bonds. The Morgan fingerprint density at radius 1 is 0.378 bits per heavy atom. The van der Waals surface area contributed by atoms with Crippen LogP contribution >= 0.6 is 0 Å². The molecule has 0 atom stereocenters. The summed E-state index contributed by atoms with van der Waals surface area (Å²) >= 11 is 0. The van der Waals surface area contributed by atoms with Crippen LogP contribution in [-0.2, 0) is 0 Å². The lowest BCUT2D eigenvalue weighted by Gasteiger charge is -2.13. The Kier molecular flexibility index (Phi) is 5.82. The van der Waals surface area contributed by atoms with Crippen LogP contribution in [0.4, 0.5) is 0 Å². The minimum absolute atomic E-state index is 0.695. The Morgan fingerprint density at radius 3 is 1.96 bits per heavy atom. The molecule has 0 spiro atoms. The van der Waals surface area contributed by atoms with E-state index in [2.05, 4.69) is 121 Å². The first-order valence-corrected chi connectivity index (χ1v) is 15.2. The van der Waals surface area contributed by atoms with E-state index >= 15 is 0 Å². The molecule has 3 heteroatoms. The van der Waals surface area contributed by atoms with E-state index in [1.54, 1.807) is 0 Å². The first-order chi connectivity index (χ1) is 22.3. The maximum Gasteiger partial charge on any atom is 0.160 e. The van der Waals surface area contributed by atoms with Crippen molar-refractivity contribution in [2.45, 2.75) is 0 Å². The van der Waals surface area contributed by atoms with Crippen LogP contribution in [0.15, 0.2) is 162 Å². The maximum atomic E-state index is 6.21. The summed E-state index contributed by atoms with van der Waals surface area (Å²) in [5, 5.41) is 8.42. The van der Waals surface area contributed by atoms with Gasteiger partial charge >= 0.3 is 0 Å². The van der Waals surface area contributed by atoms with E-state index in [4.69, 9.17) is 14.4 Å². The highest BCUT2D eigenvalue weighted by atomic mass is 16.3. The monoisotopic (exact) mass is 574 g/mol. The molecular formula is C42H26N2O. The molecule has 0 aliphatic carbocycles. The van der Waals surface area contributed by atoms with Gasteiger partial charge in [0.1, 0.15) is 11.3 Å². The van der Waals surface area contributed by atoms with Crippen molar-refractivity contribution in [3.8, 4) is 45.2 Å². The molecule has 0 fully saturated rings. The lowest BCUT2D eigenvalue weighted by atomic mass is 9.94. The fourth-order valence-electron chi connectivity index (χ4n) is 6.41. The Balaban J connectivity index is 1.24. The van der Waals surface area contributed by atoms with Crippen molar-refractivity contribution in [3.63, 3.8) is 0 Å². The maximum absolute atomic E-state index is 6.21. The number of rotatable bonds is 4. The third-order valence-corrected chi connectivity index (χ3v) is 8.65. The second-order valence-electron chi connectivity index (χ2n) is 11.4. The van der Waals surface area contributed by atoms with Gasteiger partial charge in [-0.1, -0.05) is 121 Å². The zero-order chi connectivity index (χ0) is 29.7. The summed E-state index contributed by atoms with van der Waals surface area (Å²) < 4.78 is 6.21. The van der Waals surface area contributed by atoms with Gasteiger partial charge in [0.25, 0.3) is 0 Å². The highest BCUT2D eigenvalue weighted by Gasteiger charge is 2.15. The number of benzene rings is 7. The lowest BCUT2D eigenvalue weighted by Crippen LogP contribution is -1.96. The van der Waals surface area contributed by atoms with Crippen LogP contribution in [-0.4, -0.2) is 9.97 Å². The van der Waals surface area contributed by atoms with Crippen molar-refractivity contribution in [1.29, 1.82) is 0 Å². The van der Waals surface area contributed by atoms with Crippen molar-refractivity contribution in [3.05, 3.63) is 158 Å². The highest BCUT2D eigenvalue weighted by molar-refractivity contribution is 6.15. The van der Waals surface area contributed by atoms with Gasteiger partial charge in [-0.2, -0.15) is 0 Å². The first-order valence-electron chi connectivity index (χ1n) is 15.2. The van der Waals surface area contributed by atoms with Crippen molar-refractivity contribution >= 4 is 43.3 Å². The molecule has 3 nitrogen and oxygen atoms in total. The average molecular weight is 575 g/mol. The highest BCUT2D eigenvalue weighted by Crippen LogP contribution is 2.37. The lowest BCUT2D eigenvalue weighted by molar-refractivity contribution is 0.631. The number of fused-ring (bicyclic) bond motifs is 5. The van der Waals surface area contributed by atoms with Crippen LogP contribution in [0.1, 0.15) is 0 Å². The van der Waals surface area contributed by atoms with E-state index in [1.807, 2.05) is 36.4 Å². The normalized spacial score (nSPS) is 11.6. The Bertz CT molecular complexity index is 2510. The molecule has 210 valence electrons. The zero-order valence-corrected chi connectivity index (χ0v) is 24.3. The summed E-state index contributed by atoms with van der Waals surface area (Å²) in [5.74, 6) is 1.53. The molecular weight excluding hydrogens is 548 g/mol. The number of hydrogen-bond donors (Lipinski definition) is 0. The molecule has 9 aromatic rings. The largest absolute Gasteiger partial charge is 0.456 e. The molecule has 9 rings (SSSR count). The van der Waals surface area contributed by atoms with E-state index in [1.165, 1.54) is 32.3 Å². The van der Waals surface area contributed by atoms with E-state index in [-0.39, 0.29) is 0 Å². The van der Waals surface area contributed by atoms with Gasteiger partial charge in [-0.25, -0.2) is 9.97 Å². The Morgan fingerprint density at radius 2 is 1.09 bits per heavy atom. The predicted octanol–water partition coefficient (Wildman–Crippen LogP) is 11.4. The topological polar surface area (TPSA) is 38.9 Å². The molecule has 45 heavy (non-hydrogen) atoms. The van der Waals surface area contributed by atoms with Gasteiger partial charge in [0.15, 0.2) is 5.82 Å². The molecule has 7 aromatic carbocycles. The van der Waals surface area contributed by atoms with Crippen LogP contribution in [0.2, 0.25) is 0 Å². The summed E-state index contributed by atoms with van der Waals surface area (Å²) in [6, 6.07) is 55.0. The number of nitrogens with zero attached hydrogens (tertiary/aromatic N) is 2. The second kappa shape index (κ2) is 10.3. The average Bonchev–Trinajstić information content (AvgIpc) is 3.55. The molecule has 2 heterocycles. The second-order valence-corrected chi connectivity index (χ2v) is 11.4. The molecule has 0 radical (unpaired) electrons. The zero-order valence-electron chi connectivity index (χ0n) is 24.3. The van der Waals surface area contributed by atoms with Gasteiger partial charge in [0.2, 0.25) is 0 Å². The minimum atomic E-state index is 0.695. The summed E-state index contributed by atoms with van der Waals surface area (Å²) in [7, 11) is 0. The summed E-state index contributed by atoms with van der Waals surface area (Å²) in [6.45, 7) is 0. The quantitative estimate of drug-likeness (QED) is 0.155. The van der Waals surface area contributed by atoms with Crippen LogP contribution in [0.25, 0.3) is 88.5 Å². The fraction of sp³-hybridized carbons (Fsp3) is 0. The van der Waals surface area contributed by atoms with Gasteiger partial charge in [0.05, 0.1) is 11.4 Å². The van der Waals surface area contributed by atoms with Crippen molar-refractivity contribution < 1.29 is 4.42 Å². The van der Waals surface area contributed by atoms with E-state index < -0.39 is 0 Å². The molecule has 0 aliphatic heterocycles. The predicted molar refractivity (Wildman–Crippen MR) is 186 cm³/mol. The molecule has 0 unspecified atom stereocenters. The third kappa shape index (κ3) is 4.45. The van der Waals surface area contributed by atoms with Gasteiger partial charge in [-0.3, -0.25) is 0 Å². The Labute approximate surface area is 260 Å². The van der Waals surface area contributed by atoms with Gasteiger partial charge in [-0.05, 0) is 68.7 Å². The van der Waals surface area contributed by atoms with E-state index in [0.717, 1.165) is 50.4 Å². The van der Waals surface area contributed by atoms with E-state index in [9.17, 15) is 0 Å². The van der Waals surface area contributed by atoms with Crippen LogP contribution in [0, 0.1) is 0 Å². The smallest absolute Gasteiger partial charge is 0.160 e. The third-order valence-electron chi connectivity index (χ3n) is 8.65. The summed E-state index contributed by atoms with van der Waals surface area (Å²) in [6.07, 6.45) is 0. The number of para-hydroxylation sites is 1. The van der Waals surface area contributed by atoms with Crippen LogP contribution in [0.3, 0.4) is 0 Å². The molecule has 0 N–H and O–H groups in total. The standard InChI is InChI=1S/C42H26N2O/c1-2-10-27(11-3-1)42-43-38(31-15-8-16-32(23-31)41-25-33-14-6-7-19-40(33)45-41)26-39(44-42)36-18-9-17-34-35(36)21-20-30-22-28-12-4-5-13-29(28)24-37(30)34/h1-26H. The van der Waals surface area contributed by atoms with Gasteiger partial charge in [0, 0.05) is 27.6 Å². The molecule has 0 saturated carbocycles. The molecule has 2 aromatic heterocycles. The van der Waals surface area contributed by atoms with Crippen molar-refractivity contribution in [1.82, 2.24) is 9.97 Å². The summed E-state index contributed by atoms with van der Waals surface area (Å²) in [4.78, 5) is 10.3. The molecule has 0 bridgehead atoms. The van der Waals surface area contributed by atoms with Crippen molar-refractivity contribution in [2.75, 3.05) is 0 Å². The van der Waals surface area contributed by atoms with Gasteiger partial charge in [-0.15, -0.1) is 0 Å². The molecule has 0 saturated heterocycles. The van der Waals surface area contributed by atoms with Gasteiger partial charge < -0.3 is 4.42 Å². The SMILES string of the molecule is c1ccc(-c2nc(-c3cccc(-c4cc5ccccc5o4)c3)cc(-c3cccc4c3ccc3cc5ccccc5cc34)n2)cc1. The number of furan rings is 1. The fourth-order valence-corrected chi connectivity index (χ4v) is 6.41. The molecule has 0 aliphatic rings. The Hall–Kier alpha value is -6.06.